The molecule has 46 heavy (non-hydrogen) atoms. The maximum atomic E-state index is 14.8. The van der Waals surface area contributed by atoms with Crippen molar-refractivity contribution in [2.45, 2.75) is 145 Å². The molecule has 5 aliphatic rings. The standard InChI is InChI=1S/C42H60O4/c1-26(2)35-30(44)24-42(33(45)25-37(4,5)28-14-12-11-13-15-28)23-22-40(9)29(36(35)42)16-17-32-39(8)20-19-34(46-27(3)43)38(6,7)31(39)18-21-41(32,40)10/h11-15,26,29,31-32,34H,16-25H2,1-10H3/t29-,31+,32-,34+,39+,40-,41-,42+/m1/s1. The lowest BCUT2D eigenvalue weighted by Crippen LogP contribution is -2.66. The van der Waals surface area contributed by atoms with Gasteiger partial charge in [-0.05, 0) is 113 Å². The molecule has 4 heteroatoms. The van der Waals surface area contributed by atoms with Crippen LogP contribution in [-0.2, 0) is 24.5 Å². The maximum Gasteiger partial charge on any atom is 0.302 e. The van der Waals surface area contributed by atoms with Crippen LogP contribution in [0, 0.1) is 50.7 Å². The zero-order valence-corrected chi connectivity index (χ0v) is 30.5. The molecule has 0 unspecified atom stereocenters. The highest BCUT2D eigenvalue weighted by atomic mass is 16.5. The summed E-state index contributed by atoms with van der Waals surface area (Å²) in [7, 11) is 0. The zero-order valence-electron chi connectivity index (χ0n) is 30.5. The second kappa shape index (κ2) is 10.9. The Kier molecular flexibility index (Phi) is 7.97. The maximum absolute atomic E-state index is 14.8. The minimum atomic E-state index is -0.651. The van der Waals surface area contributed by atoms with Crippen molar-refractivity contribution >= 4 is 17.5 Å². The average molecular weight is 629 g/mol. The van der Waals surface area contributed by atoms with Crippen molar-refractivity contribution in [1.82, 2.24) is 0 Å². The predicted molar refractivity (Wildman–Crippen MR) is 184 cm³/mol. The first-order chi connectivity index (χ1) is 21.3. The Morgan fingerprint density at radius 3 is 2.17 bits per heavy atom. The number of ketones is 2. The van der Waals surface area contributed by atoms with Gasteiger partial charge in [0.25, 0.3) is 0 Å². The summed E-state index contributed by atoms with van der Waals surface area (Å²) in [5, 5.41) is 0. The number of carbonyl (C=O) groups is 3. The summed E-state index contributed by atoms with van der Waals surface area (Å²) in [5.74, 6) is 1.81. The summed E-state index contributed by atoms with van der Waals surface area (Å²) in [5.41, 5.74) is 2.74. The molecule has 4 saturated carbocycles. The molecule has 0 aromatic heterocycles. The SMILES string of the molecule is CC(=O)O[C@H]1CC[C@]2(C)[C@H]3CC[C@@H]4C5=C(C(C)C)C(=O)C[C@]5(C(=O)CC(C)(C)c5ccccc5)CC[C@@]4(C)[C@]3(C)CC[C@H]2C1(C)C. The molecule has 0 aliphatic heterocycles. The molecule has 8 atom stereocenters. The van der Waals surface area contributed by atoms with Gasteiger partial charge in [0.15, 0.2) is 5.78 Å². The van der Waals surface area contributed by atoms with Crippen molar-refractivity contribution < 1.29 is 19.1 Å². The average Bonchev–Trinajstić information content (AvgIpc) is 3.28. The fraction of sp³-hybridized carbons (Fsp3) is 0.738. The van der Waals surface area contributed by atoms with Crippen molar-refractivity contribution in [3.63, 3.8) is 0 Å². The van der Waals surface area contributed by atoms with E-state index < -0.39 is 5.41 Å². The minimum absolute atomic E-state index is 0.0240. The fourth-order valence-electron chi connectivity index (χ4n) is 12.9. The first-order valence-electron chi connectivity index (χ1n) is 18.4. The van der Waals surface area contributed by atoms with Crippen LogP contribution in [0.2, 0.25) is 0 Å². The van der Waals surface area contributed by atoms with Gasteiger partial charge >= 0.3 is 5.97 Å². The van der Waals surface area contributed by atoms with Gasteiger partial charge in [0.1, 0.15) is 11.9 Å². The lowest BCUT2D eigenvalue weighted by atomic mass is 9.33. The van der Waals surface area contributed by atoms with E-state index in [1.54, 1.807) is 6.92 Å². The number of benzene rings is 1. The van der Waals surface area contributed by atoms with Crippen LogP contribution >= 0.6 is 0 Å². The van der Waals surface area contributed by atoms with Gasteiger partial charge < -0.3 is 4.74 Å². The van der Waals surface area contributed by atoms with Crippen LogP contribution in [0.25, 0.3) is 0 Å². The number of fused-ring (bicyclic) bond motifs is 7. The fourth-order valence-corrected chi connectivity index (χ4v) is 12.9. The quantitative estimate of drug-likeness (QED) is 0.294. The van der Waals surface area contributed by atoms with E-state index in [0.717, 1.165) is 56.9 Å². The van der Waals surface area contributed by atoms with Crippen molar-refractivity contribution in [3.8, 4) is 0 Å². The Morgan fingerprint density at radius 1 is 0.870 bits per heavy atom. The summed E-state index contributed by atoms with van der Waals surface area (Å²) >= 11 is 0. The predicted octanol–water partition coefficient (Wildman–Crippen LogP) is 9.84. The largest absolute Gasteiger partial charge is 0.462 e. The second-order valence-electron chi connectivity index (χ2n) is 18.6. The molecule has 4 fully saturated rings. The van der Waals surface area contributed by atoms with Crippen LogP contribution in [-0.4, -0.2) is 23.6 Å². The number of carbonyl (C=O) groups excluding carboxylic acids is 3. The lowest BCUT2D eigenvalue weighted by Gasteiger charge is -2.72. The molecule has 0 radical (unpaired) electrons. The Hall–Kier alpha value is -2.23. The van der Waals surface area contributed by atoms with Crippen molar-refractivity contribution in [3.05, 3.63) is 47.0 Å². The number of esters is 1. The number of ether oxygens (including phenoxy) is 1. The first-order valence-corrected chi connectivity index (χ1v) is 18.4. The molecule has 1 aromatic carbocycles. The normalized spacial score (nSPS) is 40.1. The highest BCUT2D eigenvalue weighted by Crippen LogP contribution is 2.77. The number of hydrogen-bond donors (Lipinski definition) is 0. The minimum Gasteiger partial charge on any atom is -0.462 e. The molecule has 0 heterocycles. The summed E-state index contributed by atoms with van der Waals surface area (Å²) in [6.07, 6.45) is 9.12. The van der Waals surface area contributed by atoms with Gasteiger partial charge in [-0.1, -0.05) is 92.6 Å². The van der Waals surface area contributed by atoms with E-state index in [2.05, 4.69) is 86.6 Å². The Balaban J connectivity index is 1.38. The van der Waals surface area contributed by atoms with E-state index in [4.69, 9.17) is 4.74 Å². The molecule has 0 N–H and O–H groups in total. The van der Waals surface area contributed by atoms with Crippen LogP contribution in [0.1, 0.15) is 139 Å². The van der Waals surface area contributed by atoms with Gasteiger partial charge in [-0.25, -0.2) is 0 Å². The number of allylic oxidation sites excluding steroid dienone is 2. The number of Topliss-reactive ketones (excluding diaryl/α,β-unsaturated/α-hetero) is 2. The molecule has 0 saturated heterocycles. The van der Waals surface area contributed by atoms with Crippen LogP contribution < -0.4 is 0 Å². The van der Waals surface area contributed by atoms with Crippen LogP contribution in [0.3, 0.4) is 0 Å². The van der Waals surface area contributed by atoms with Gasteiger partial charge in [-0.15, -0.1) is 0 Å². The smallest absolute Gasteiger partial charge is 0.302 e. The van der Waals surface area contributed by atoms with Gasteiger partial charge in [-0.2, -0.15) is 0 Å². The highest BCUT2D eigenvalue weighted by Gasteiger charge is 2.71. The zero-order chi connectivity index (χ0) is 33.7. The first kappa shape index (κ1) is 33.7. The topological polar surface area (TPSA) is 60.4 Å². The van der Waals surface area contributed by atoms with E-state index in [9.17, 15) is 14.4 Å². The molecule has 1 aromatic rings. The molecule has 0 amide bonds. The molecule has 252 valence electrons. The molecular weight excluding hydrogens is 568 g/mol. The van der Waals surface area contributed by atoms with E-state index in [1.807, 2.05) is 6.07 Å². The molecule has 0 spiro atoms. The van der Waals surface area contributed by atoms with Gasteiger partial charge in [0.2, 0.25) is 0 Å². The molecule has 5 aliphatic carbocycles. The van der Waals surface area contributed by atoms with Crippen LogP contribution in [0.5, 0.6) is 0 Å². The van der Waals surface area contributed by atoms with Crippen LogP contribution in [0.15, 0.2) is 41.5 Å². The molecule has 4 nitrogen and oxygen atoms in total. The molecular formula is C42H60O4. The van der Waals surface area contributed by atoms with Gasteiger partial charge in [0.05, 0.1) is 5.41 Å². The number of rotatable bonds is 6. The van der Waals surface area contributed by atoms with Gasteiger partial charge in [-0.3, -0.25) is 14.4 Å². The lowest BCUT2D eigenvalue weighted by molar-refractivity contribution is -0.232. The van der Waals surface area contributed by atoms with Crippen molar-refractivity contribution in [2.75, 3.05) is 0 Å². The summed E-state index contributed by atoms with van der Waals surface area (Å²) in [6.45, 7) is 22.7. The van der Waals surface area contributed by atoms with E-state index in [-0.39, 0.29) is 62.6 Å². The monoisotopic (exact) mass is 628 g/mol. The molecule has 6 rings (SSSR count). The van der Waals surface area contributed by atoms with Crippen molar-refractivity contribution in [1.29, 1.82) is 0 Å². The third kappa shape index (κ3) is 4.61. The Morgan fingerprint density at radius 2 is 1.54 bits per heavy atom. The number of hydrogen-bond acceptors (Lipinski definition) is 4. The van der Waals surface area contributed by atoms with E-state index in [0.29, 0.717) is 24.7 Å². The van der Waals surface area contributed by atoms with Crippen LogP contribution in [0.4, 0.5) is 0 Å². The van der Waals surface area contributed by atoms with Crippen molar-refractivity contribution in [2.24, 2.45) is 50.7 Å². The van der Waals surface area contributed by atoms with E-state index >= 15 is 0 Å². The second-order valence-corrected chi connectivity index (χ2v) is 18.6. The van der Waals surface area contributed by atoms with Gasteiger partial charge in [0, 0.05) is 25.2 Å². The highest BCUT2D eigenvalue weighted by molar-refractivity contribution is 6.07. The third-order valence-corrected chi connectivity index (χ3v) is 15.4. The Labute approximate surface area is 278 Å². The van der Waals surface area contributed by atoms with E-state index in [1.165, 1.54) is 11.1 Å². The summed E-state index contributed by atoms with van der Waals surface area (Å²) in [6, 6.07) is 10.4. The molecule has 0 bridgehead atoms. The summed E-state index contributed by atoms with van der Waals surface area (Å²) < 4.78 is 5.95. The third-order valence-electron chi connectivity index (χ3n) is 15.4. The Bertz CT molecular complexity index is 1450. The summed E-state index contributed by atoms with van der Waals surface area (Å²) in [4.78, 5) is 40.9.